The van der Waals surface area contributed by atoms with Crippen molar-refractivity contribution in [1.29, 1.82) is 0 Å². The van der Waals surface area contributed by atoms with Gasteiger partial charge >= 0.3 is 0 Å². The highest BCUT2D eigenvalue weighted by Crippen LogP contribution is 2.42. The molecule has 0 amide bonds. The van der Waals surface area contributed by atoms with Crippen LogP contribution in [0.2, 0.25) is 0 Å². The van der Waals surface area contributed by atoms with Gasteiger partial charge in [-0.05, 0) is 86.8 Å². The second-order valence-corrected chi connectivity index (χ2v) is 15.1. The molecule has 4 aromatic carbocycles. The lowest BCUT2D eigenvalue weighted by molar-refractivity contribution is 0.419. The number of fused-ring (bicyclic) bond motifs is 6. The molecule has 0 aliphatic rings. The third-order valence-electron chi connectivity index (χ3n) is 8.99. The lowest BCUT2D eigenvalue weighted by atomic mass is 9.78. The van der Waals surface area contributed by atoms with Crippen LogP contribution in [0.25, 0.3) is 43.6 Å². The molecule has 212 valence electrons. The second-order valence-electron chi connectivity index (χ2n) is 15.1. The van der Waals surface area contributed by atoms with E-state index < -0.39 is 0 Å². The molecular formula is C39H46N2. The average Bonchev–Trinajstić information content (AvgIpc) is 3.40. The van der Waals surface area contributed by atoms with Crippen LogP contribution < -0.4 is 0 Å². The largest absolute Gasteiger partial charge is 0.338 e. The van der Waals surface area contributed by atoms with Gasteiger partial charge in [-0.25, -0.2) is 0 Å². The van der Waals surface area contributed by atoms with Gasteiger partial charge < -0.3 is 9.13 Å². The normalized spacial score (nSPS) is 13.4. The quantitative estimate of drug-likeness (QED) is 0.210. The summed E-state index contributed by atoms with van der Waals surface area (Å²) in [6.07, 6.45) is 0.973. The van der Waals surface area contributed by atoms with Gasteiger partial charge in [0.2, 0.25) is 0 Å². The van der Waals surface area contributed by atoms with E-state index in [1.807, 2.05) is 0 Å². The molecule has 0 N–H and O–H groups in total. The minimum Gasteiger partial charge on any atom is -0.338 e. The van der Waals surface area contributed by atoms with Gasteiger partial charge in [-0.1, -0.05) is 95.3 Å². The Morgan fingerprint density at radius 3 is 1.88 bits per heavy atom. The fraction of sp³-hybridized carbons (Fsp3) is 0.385. The van der Waals surface area contributed by atoms with E-state index in [9.17, 15) is 0 Å². The van der Waals surface area contributed by atoms with Gasteiger partial charge in [-0.2, -0.15) is 0 Å². The Bertz CT molecular complexity index is 1930. The summed E-state index contributed by atoms with van der Waals surface area (Å²) in [4.78, 5) is 0. The molecular weight excluding hydrogens is 496 g/mol. The van der Waals surface area contributed by atoms with Crippen LogP contribution in [0.3, 0.4) is 0 Å². The summed E-state index contributed by atoms with van der Waals surface area (Å²) in [6.45, 7) is 23.3. The Hall–Kier alpha value is -3.52. The molecule has 0 bridgehead atoms. The highest BCUT2D eigenvalue weighted by molar-refractivity contribution is 6.10. The van der Waals surface area contributed by atoms with Crippen LogP contribution >= 0.6 is 0 Å². The standard InChI is InChI=1S/C39H46N2/c1-25(2)40-34-22-26(18-20-29(34)30-21-19-27(23-35(30)40)37(3,4)5)24-39(9,10)32-16-13-15-31-28-14-11-12-17-33(28)41(36(31)32)38(6,7)8/h11-23,25H,24H2,1-10H3. The molecule has 2 heterocycles. The van der Waals surface area contributed by atoms with Crippen LogP contribution in [-0.2, 0) is 22.8 Å². The first kappa shape index (κ1) is 27.6. The van der Waals surface area contributed by atoms with E-state index in [4.69, 9.17) is 0 Å². The zero-order valence-corrected chi connectivity index (χ0v) is 26.7. The topological polar surface area (TPSA) is 9.86 Å². The van der Waals surface area contributed by atoms with Gasteiger partial charge in [0.05, 0.1) is 5.52 Å². The maximum absolute atomic E-state index is 2.57. The fourth-order valence-corrected chi connectivity index (χ4v) is 7.09. The number of hydrogen-bond acceptors (Lipinski definition) is 0. The summed E-state index contributed by atoms with van der Waals surface area (Å²) in [5.74, 6) is 0. The maximum Gasteiger partial charge on any atom is 0.0534 e. The molecule has 2 aromatic heterocycles. The Balaban J connectivity index is 1.52. The molecule has 6 rings (SSSR count). The Labute approximate surface area is 246 Å². The minimum absolute atomic E-state index is 0.0312. The predicted molar refractivity (Wildman–Crippen MR) is 180 cm³/mol. The first-order chi connectivity index (χ1) is 19.2. The maximum atomic E-state index is 2.57. The van der Waals surface area contributed by atoms with Gasteiger partial charge in [0.1, 0.15) is 0 Å². The Kier molecular flexibility index (Phi) is 6.23. The van der Waals surface area contributed by atoms with Crippen LogP contribution in [-0.4, -0.2) is 9.13 Å². The van der Waals surface area contributed by atoms with Crippen LogP contribution in [0.4, 0.5) is 0 Å². The molecule has 0 atom stereocenters. The smallest absolute Gasteiger partial charge is 0.0534 e. The summed E-state index contributed by atoms with van der Waals surface area (Å²) < 4.78 is 5.12. The second kappa shape index (κ2) is 9.24. The third-order valence-corrected chi connectivity index (χ3v) is 8.99. The van der Waals surface area contributed by atoms with Crippen LogP contribution in [0.15, 0.2) is 78.9 Å². The average molecular weight is 543 g/mol. The Morgan fingerprint density at radius 2 is 1.22 bits per heavy atom. The molecule has 41 heavy (non-hydrogen) atoms. The van der Waals surface area contributed by atoms with Gasteiger partial charge in [0.25, 0.3) is 0 Å². The van der Waals surface area contributed by atoms with Gasteiger partial charge in [0, 0.05) is 49.7 Å². The molecule has 0 radical (unpaired) electrons. The zero-order valence-electron chi connectivity index (χ0n) is 26.7. The lowest BCUT2D eigenvalue weighted by Gasteiger charge is -2.31. The van der Waals surface area contributed by atoms with E-state index >= 15 is 0 Å². The summed E-state index contributed by atoms with van der Waals surface area (Å²) in [5.41, 5.74) is 9.61. The van der Waals surface area contributed by atoms with Crippen molar-refractivity contribution < 1.29 is 0 Å². The highest BCUT2D eigenvalue weighted by atomic mass is 15.1. The molecule has 2 heteroatoms. The van der Waals surface area contributed by atoms with E-state index in [0.29, 0.717) is 6.04 Å². The predicted octanol–water partition coefficient (Wildman–Crippen LogP) is 11.1. The number of nitrogens with zero attached hydrogens (tertiary/aromatic N) is 2. The minimum atomic E-state index is -0.0569. The SMILES string of the molecule is CC(C)n1c2cc(CC(C)(C)c3cccc4c5ccccc5n(C(C)(C)C)c34)ccc2c2ccc(C(C)(C)C)cc21. The molecule has 0 aliphatic heterocycles. The van der Waals surface area contributed by atoms with Crippen molar-refractivity contribution in [1.82, 2.24) is 9.13 Å². The number of para-hydroxylation sites is 2. The first-order valence-corrected chi connectivity index (χ1v) is 15.3. The highest BCUT2D eigenvalue weighted by Gasteiger charge is 2.29. The fourth-order valence-electron chi connectivity index (χ4n) is 7.09. The van der Waals surface area contributed by atoms with Crippen molar-refractivity contribution >= 4 is 43.6 Å². The lowest BCUT2D eigenvalue weighted by Crippen LogP contribution is -2.26. The van der Waals surface area contributed by atoms with Crippen molar-refractivity contribution in [3.63, 3.8) is 0 Å². The van der Waals surface area contributed by atoms with E-state index in [1.54, 1.807) is 0 Å². The van der Waals surface area contributed by atoms with E-state index in [2.05, 4.69) is 157 Å². The van der Waals surface area contributed by atoms with E-state index in [1.165, 1.54) is 60.3 Å². The van der Waals surface area contributed by atoms with Crippen molar-refractivity contribution in [3.8, 4) is 0 Å². The van der Waals surface area contributed by atoms with Crippen molar-refractivity contribution in [2.45, 2.75) is 98.1 Å². The van der Waals surface area contributed by atoms with Gasteiger partial charge in [-0.3, -0.25) is 0 Å². The van der Waals surface area contributed by atoms with Crippen molar-refractivity contribution in [3.05, 3.63) is 95.6 Å². The van der Waals surface area contributed by atoms with Gasteiger partial charge in [-0.15, -0.1) is 0 Å². The molecule has 6 aromatic rings. The number of benzene rings is 4. The summed E-state index contributed by atoms with van der Waals surface area (Å²) in [6, 6.07) is 30.5. The molecule has 2 nitrogen and oxygen atoms in total. The van der Waals surface area contributed by atoms with E-state index in [-0.39, 0.29) is 16.4 Å². The van der Waals surface area contributed by atoms with Crippen molar-refractivity contribution in [2.24, 2.45) is 0 Å². The number of hydrogen-bond donors (Lipinski definition) is 0. The summed E-state index contributed by atoms with van der Waals surface area (Å²) in [5, 5.41) is 5.40. The zero-order chi connectivity index (χ0) is 29.5. The monoisotopic (exact) mass is 542 g/mol. The van der Waals surface area contributed by atoms with Crippen LogP contribution in [0.5, 0.6) is 0 Å². The van der Waals surface area contributed by atoms with Crippen molar-refractivity contribution in [2.75, 3.05) is 0 Å². The molecule has 0 saturated heterocycles. The molecule has 0 aliphatic carbocycles. The Morgan fingerprint density at radius 1 is 0.610 bits per heavy atom. The summed E-state index contributed by atoms with van der Waals surface area (Å²) >= 11 is 0. The number of aromatic nitrogens is 2. The van der Waals surface area contributed by atoms with Crippen LogP contribution in [0.1, 0.15) is 92.0 Å². The molecule has 0 spiro atoms. The molecule has 0 unspecified atom stereocenters. The molecule has 0 saturated carbocycles. The first-order valence-electron chi connectivity index (χ1n) is 15.3. The van der Waals surface area contributed by atoms with E-state index in [0.717, 1.165) is 6.42 Å². The van der Waals surface area contributed by atoms with Crippen LogP contribution in [0, 0.1) is 0 Å². The molecule has 0 fully saturated rings. The summed E-state index contributed by atoms with van der Waals surface area (Å²) in [7, 11) is 0. The van der Waals surface area contributed by atoms with Gasteiger partial charge in [0.15, 0.2) is 0 Å². The number of rotatable bonds is 4. The third kappa shape index (κ3) is 4.47.